The van der Waals surface area contributed by atoms with E-state index in [4.69, 9.17) is 24.8 Å². The lowest BCUT2D eigenvalue weighted by atomic mass is 10.1. The van der Waals surface area contributed by atoms with Crippen LogP contribution in [0.2, 0.25) is 0 Å². The van der Waals surface area contributed by atoms with Crippen molar-refractivity contribution in [3.63, 3.8) is 0 Å². The van der Waals surface area contributed by atoms with Crippen LogP contribution in [0.1, 0.15) is 0 Å². The number of aliphatic carboxylic acids is 2. The van der Waals surface area contributed by atoms with Gasteiger partial charge in [0.1, 0.15) is 16.7 Å². The number of hydrogen-bond acceptors (Lipinski definition) is 9. The molecule has 1 heterocycles. The molecular weight excluding hydrogens is 404 g/mol. The summed E-state index contributed by atoms with van der Waals surface area (Å²) >= 11 is 0. The smallest absolute Gasteiger partial charge is 0.335 e. The van der Waals surface area contributed by atoms with Crippen LogP contribution in [0.15, 0.2) is 51.7 Å². The molecule has 0 saturated carbocycles. The average Bonchev–Trinajstić information content (AvgIpc) is 2.71. The lowest BCUT2D eigenvalue weighted by Gasteiger charge is -2.07. The fraction of sp³-hybridized carbons (Fsp3) is 0.105. The number of aliphatic hydroxyl groups is 2. The summed E-state index contributed by atoms with van der Waals surface area (Å²) in [5.74, 6) is -5.20. The standard InChI is InChI=1S/C15H10O5.C4H6O6/c16-9-6-11(8-4-2-1-3-5-8)20-12-7-10(17)14(18)15(19)13(9)12;5-1(3(7)8)2(6)4(9)10/h1-7,17-19H;1-2,5-6H,(H,7,8)(H,9,10). The molecule has 158 valence electrons. The molecule has 2 unspecified atom stereocenters. The van der Waals surface area contributed by atoms with Crippen molar-refractivity contribution in [2.75, 3.05) is 0 Å². The topological polar surface area (TPSA) is 206 Å². The molecule has 0 amide bonds. The van der Waals surface area contributed by atoms with Gasteiger partial charge in [0.25, 0.3) is 0 Å². The zero-order valence-corrected chi connectivity index (χ0v) is 15.0. The molecule has 2 atom stereocenters. The predicted octanol–water partition coefficient (Wildman–Crippen LogP) is 0.454. The van der Waals surface area contributed by atoms with Gasteiger partial charge in [-0.2, -0.15) is 0 Å². The molecule has 0 bridgehead atoms. The van der Waals surface area contributed by atoms with Crippen LogP contribution in [-0.4, -0.2) is 59.9 Å². The van der Waals surface area contributed by atoms with Gasteiger partial charge in [-0.15, -0.1) is 0 Å². The van der Waals surface area contributed by atoms with E-state index in [9.17, 15) is 29.7 Å². The Morgan fingerprint density at radius 2 is 1.37 bits per heavy atom. The molecule has 3 rings (SSSR count). The Kier molecular flexibility index (Phi) is 6.62. The van der Waals surface area contributed by atoms with E-state index in [2.05, 4.69) is 0 Å². The monoisotopic (exact) mass is 420 g/mol. The van der Waals surface area contributed by atoms with Gasteiger partial charge in [0.15, 0.2) is 29.1 Å². The minimum atomic E-state index is -2.27. The van der Waals surface area contributed by atoms with Crippen LogP contribution in [0.25, 0.3) is 22.3 Å². The summed E-state index contributed by atoms with van der Waals surface area (Å²) < 4.78 is 5.51. The molecule has 7 N–H and O–H groups in total. The van der Waals surface area contributed by atoms with Crippen molar-refractivity contribution in [3.8, 4) is 28.6 Å². The average molecular weight is 420 g/mol. The van der Waals surface area contributed by atoms with Crippen LogP contribution >= 0.6 is 0 Å². The number of phenolic OH excluding ortho intramolecular Hbond substituents is 3. The first-order valence-electron chi connectivity index (χ1n) is 8.13. The highest BCUT2D eigenvalue weighted by atomic mass is 16.4. The van der Waals surface area contributed by atoms with E-state index in [0.717, 1.165) is 6.07 Å². The number of aliphatic hydroxyl groups excluding tert-OH is 2. The number of rotatable bonds is 4. The number of hydrogen-bond donors (Lipinski definition) is 7. The summed E-state index contributed by atoms with van der Waals surface area (Å²) in [6.45, 7) is 0. The molecule has 11 nitrogen and oxygen atoms in total. The highest BCUT2D eigenvalue weighted by Gasteiger charge is 2.29. The second-order valence-corrected chi connectivity index (χ2v) is 5.87. The van der Waals surface area contributed by atoms with Crippen LogP contribution in [0.5, 0.6) is 17.2 Å². The summed E-state index contributed by atoms with van der Waals surface area (Å²) in [6.07, 6.45) is -4.53. The zero-order chi connectivity index (χ0) is 22.6. The Morgan fingerprint density at radius 3 is 1.87 bits per heavy atom. The van der Waals surface area contributed by atoms with Crippen LogP contribution in [0.4, 0.5) is 0 Å². The van der Waals surface area contributed by atoms with Crippen molar-refractivity contribution in [1.82, 2.24) is 0 Å². The second kappa shape index (κ2) is 8.94. The van der Waals surface area contributed by atoms with Gasteiger partial charge in [0.05, 0.1) is 0 Å². The molecule has 30 heavy (non-hydrogen) atoms. The van der Waals surface area contributed by atoms with Gasteiger partial charge in [0.2, 0.25) is 5.75 Å². The minimum Gasteiger partial charge on any atom is -0.504 e. The van der Waals surface area contributed by atoms with Crippen LogP contribution < -0.4 is 5.43 Å². The first kappa shape index (κ1) is 22.2. The maximum absolute atomic E-state index is 12.0. The van der Waals surface area contributed by atoms with E-state index in [1.165, 1.54) is 6.07 Å². The third-order valence-electron chi connectivity index (χ3n) is 3.81. The molecular formula is C19H16O11. The lowest BCUT2D eigenvalue weighted by molar-refractivity contribution is -0.165. The molecule has 0 spiro atoms. The van der Waals surface area contributed by atoms with Gasteiger partial charge < -0.3 is 40.2 Å². The van der Waals surface area contributed by atoms with Crippen molar-refractivity contribution in [1.29, 1.82) is 0 Å². The lowest BCUT2D eigenvalue weighted by Crippen LogP contribution is -2.39. The number of carbonyl (C=O) groups is 2. The van der Waals surface area contributed by atoms with Crippen molar-refractivity contribution in [2.45, 2.75) is 12.2 Å². The predicted molar refractivity (Wildman–Crippen MR) is 100 cm³/mol. The molecule has 3 aromatic rings. The van der Waals surface area contributed by atoms with E-state index >= 15 is 0 Å². The summed E-state index contributed by atoms with van der Waals surface area (Å²) in [7, 11) is 0. The summed E-state index contributed by atoms with van der Waals surface area (Å²) in [6, 6.07) is 11.3. The molecule has 0 aliphatic rings. The van der Waals surface area contributed by atoms with Gasteiger partial charge in [-0.25, -0.2) is 9.59 Å². The Labute approximate surface area is 166 Å². The Balaban J connectivity index is 0.000000274. The highest BCUT2D eigenvalue weighted by molar-refractivity contribution is 5.89. The van der Waals surface area contributed by atoms with Crippen LogP contribution in [-0.2, 0) is 9.59 Å². The third-order valence-corrected chi connectivity index (χ3v) is 3.81. The second-order valence-electron chi connectivity index (χ2n) is 5.87. The van der Waals surface area contributed by atoms with Gasteiger partial charge in [-0.3, -0.25) is 4.79 Å². The van der Waals surface area contributed by atoms with Crippen LogP contribution in [0.3, 0.4) is 0 Å². The quantitative estimate of drug-likeness (QED) is 0.288. The first-order chi connectivity index (χ1) is 14.0. The first-order valence-corrected chi connectivity index (χ1v) is 8.13. The maximum atomic E-state index is 12.0. The largest absolute Gasteiger partial charge is 0.504 e. The minimum absolute atomic E-state index is 0.00385. The number of aromatic hydroxyl groups is 3. The van der Waals surface area contributed by atoms with Gasteiger partial charge >= 0.3 is 11.9 Å². The Bertz CT molecular complexity index is 1120. The summed E-state index contributed by atoms with van der Waals surface area (Å²) in [5, 5.41) is 61.0. The van der Waals surface area contributed by atoms with Crippen LogP contribution in [0, 0.1) is 0 Å². The number of carboxylic acids is 2. The van der Waals surface area contributed by atoms with Gasteiger partial charge in [-0.1, -0.05) is 30.3 Å². The SMILES string of the molecule is O=C(O)C(O)C(O)C(=O)O.O=c1cc(-c2ccccc2)oc2cc(O)c(O)c(O)c12. The summed E-state index contributed by atoms with van der Waals surface area (Å²) in [4.78, 5) is 31.6. The number of phenols is 3. The van der Waals surface area contributed by atoms with Crippen molar-refractivity contribution in [2.24, 2.45) is 0 Å². The molecule has 0 aliphatic heterocycles. The highest BCUT2D eigenvalue weighted by Crippen LogP contribution is 2.40. The zero-order valence-electron chi connectivity index (χ0n) is 15.0. The van der Waals surface area contributed by atoms with Crippen molar-refractivity contribution >= 4 is 22.9 Å². The van der Waals surface area contributed by atoms with E-state index in [-0.39, 0.29) is 11.0 Å². The summed E-state index contributed by atoms with van der Waals surface area (Å²) in [5.41, 5.74) is 0.195. The third kappa shape index (κ3) is 4.66. The van der Waals surface area contributed by atoms with E-state index in [1.54, 1.807) is 24.3 Å². The number of carboxylic acid groups (broad SMARTS) is 2. The number of fused-ring (bicyclic) bond motifs is 1. The van der Waals surface area contributed by atoms with Gasteiger partial charge in [-0.05, 0) is 0 Å². The maximum Gasteiger partial charge on any atom is 0.335 e. The van der Waals surface area contributed by atoms with Crippen molar-refractivity contribution in [3.05, 3.63) is 52.7 Å². The molecule has 11 heteroatoms. The fourth-order valence-electron chi connectivity index (χ4n) is 2.29. The molecule has 0 radical (unpaired) electrons. The van der Waals surface area contributed by atoms with E-state index < -0.39 is 46.8 Å². The molecule has 0 fully saturated rings. The Hall–Kier alpha value is -4.09. The van der Waals surface area contributed by atoms with Gasteiger partial charge in [0, 0.05) is 17.7 Å². The fourth-order valence-corrected chi connectivity index (χ4v) is 2.29. The molecule has 2 aromatic carbocycles. The normalized spacial score (nSPS) is 12.5. The van der Waals surface area contributed by atoms with E-state index in [1.807, 2.05) is 6.07 Å². The van der Waals surface area contributed by atoms with Crippen molar-refractivity contribution < 1.29 is 49.8 Å². The molecule has 0 saturated heterocycles. The molecule has 0 aliphatic carbocycles. The Morgan fingerprint density at radius 1 is 0.833 bits per heavy atom. The van der Waals surface area contributed by atoms with E-state index in [0.29, 0.717) is 11.3 Å². The number of benzene rings is 2. The molecule has 1 aromatic heterocycles.